The maximum Gasteiger partial charge on any atom is 0.306 e. The van der Waals surface area contributed by atoms with E-state index in [0.717, 1.165) is 0 Å². The minimum atomic E-state index is -0.240. The number of esters is 1. The normalized spacial score (nSPS) is 10.6. The molecule has 5 heteroatoms. The molecule has 0 atom stereocenters. The Labute approximate surface area is 82.4 Å². The van der Waals surface area contributed by atoms with Gasteiger partial charge in [-0.05, 0) is 20.8 Å². The van der Waals surface area contributed by atoms with Gasteiger partial charge in [-0.2, -0.15) is 4.98 Å². The zero-order valence-corrected chi connectivity index (χ0v) is 8.61. The Bertz CT molecular complexity index is 307. The number of hydrogen-bond donors (Lipinski definition) is 0. The van der Waals surface area contributed by atoms with Crippen LogP contribution in [0.1, 0.15) is 32.0 Å². The molecule has 0 aliphatic carbocycles. The first kappa shape index (κ1) is 10.7. The SMILES string of the molecule is Cc1noc(CCC(=O)OC(C)C)n1. The molecule has 0 N–H and O–H groups in total. The van der Waals surface area contributed by atoms with Crippen molar-refractivity contribution in [2.75, 3.05) is 0 Å². The van der Waals surface area contributed by atoms with Gasteiger partial charge in [0.15, 0.2) is 5.82 Å². The molecule has 1 aromatic heterocycles. The van der Waals surface area contributed by atoms with Gasteiger partial charge in [-0.15, -0.1) is 0 Å². The average molecular weight is 198 g/mol. The van der Waals surface area contributed by atoms with E-state index in [1.807, 2.05) is 13.8 Å². The van der Waals surface area contributed by atoms with Crippen LogP contribution >= 0.6 is 0 Å². The van der Waals surface area contributed by atoms with Crippen molar-refractivity contribution in [1.29, 1.82) is 0 Å². The van der Waals surface area contributed by atoms with Gasteiger partial charge >= 0.3 is 5.97 Å². The molecule has 0 amide bonds. The van der Waals surface area contributed by atoms with Crippen LogP contribution in [0.25, 0.3) is 0 Å². The third-order valence-corrected chi connectivity index (χ3v) is 1.48. The maximum atomic E-state index is 11.1. The van der Waals surface area contributed by atoms with Crippen LogP contribution in [0, 0.1) is 6.92 Å². The Balaban J connectivity index is 2.30. The molecule has 1 aromatic rings. The molecule has 0 bridgehead atoms. The number of nitrogens with zero attached hydrogens (tertiary/aromatic N) is 2. The summed E-state index contributed by atoms with van der Waals surface area (Å²) in [7, 11) is 0. The van der Waals surface area contributed by atoms with Crippen molar-refractivity contribution < 1.29 is 14.1 Å². The van der Waals surface area contributed by atoms with Crippen LogP contribution in [-0.2, 0) is 16.0 Å². The Kier molecular flexibility index (Phi) is 3.62. The zero-order chi connectivity index (χ0) is 10.6. The first-order valence-corrected chi connectivity index (χ1v) is 4.56. The summed E-state index contributed by atoms with van der Waals surface area (Å²) in [5.41, 5.74) is 0. The Morgan fingerprint density at radius 2 is 2.29 bits per heavy atom. The van der Waals surface area contributed by atoms with Gasteiger partial charge in [-0.3, -0.25) is 4.79 Å². The molecule has 0 aliphatic rings. The molecule has 0 radical (unpaired) electrons. The molecule has 0 spiro atoms. The summed E-state index contributed by atoms with van der Waals surface area (Å²) in [5.74, 6) is 0.816. The summed E-state index contributed by atoms with van der Waals surface area (Å²) in [6.07, 6.45) is 0.638. The molecule has 0 saturated carbocycles. The maximum absolute atomic E-state index is 11.1. The predicted octanol–water partition coefficient (Wildman–Crippen LogP) is 1.26. The van der Waals surface area contributed by atoms with Gasteiger partial charge in [0.25, 0.3) is 0 Å². The summed E-state index contributed by atoms with van der Waals surface area (Å²) in [6.45, 7) is 5.36. The van der Waals surface area contributed by atoms with Crippen molar-refractivity contribution in [1.82, 2.24) is 10.1 Å². The van der Waals surface area contributed by atoms with E-state index in [9.17, 15) is 4.79 Å². The fraction of sp³-hybridized carbons (Fsp3) is 0.667. The van der Waals surface area contributed by atoms with Gasteiger partial charge in [-0.1, -0.05) is 5.16 Å². The van der Waals surface area contributed by atoms with E-state index in [4.69, 9.17) is 9.26 Å². The lowest BCUT2D eigenvalue weighted by Gasteiger charge is -2.05. The number of carbonyl (C=O) groups excluding carboxylic acids is 1. The Morgan fingerprint density at radius 1 is 1.57 bits per heavy atom. The third kappa shape index (κ3) is 3.55. The molecular weight excluding hydrogens is 184 g/mol. The first-order chi connectivity index (χ1) is 6.58. The molecule has 0 fully saturated rings. The lowest BCUT2D eigenvalue weighted by Crippen LogP contribution is -2.11. The number of aryl methyl sites for hydroxylation is 2. The summed E-state index contributed by atoms with van der Waals surface area (Å²) >= 11 is 0. The Morgan fingerprint density at radius 3 is 2.79 bits per heavy atom. The first-order valence-electron chi connectivity index (χ1n) is 4.56. The highest BCUT2D eigenvalue weighted by atomic mass is 16.5. The fourth-order valence-corrected chi connectivity index (χ4v) is 0.972. The average Bonchev–Trinajstić information content (AvgIpc) is 2.47. The van der Waals surface area contributed by atoms with Gasteiger partial charge < -0.3 is 9.26 Å². The van der Waals surface area contributed by atoms with Crippen LogP contribution in [0.3, 0.4) is 0 Å². The Hall–Kier alpha value is -1.39. The second kappa shape index (κ2) is 4.74. The van der Waals surface area contributed by atoms with E-state index in [-0.39, 0.29) is 18.5 Å². The highest BCUT2D eigenvalue weighted by molar-refractivity contribution is 5.69. The van der Waals surface area contributed by atoms with E-state index >= 15 is 0 Å². The number of hydrogen-bond acceptors (Lipinski definition) is 5. The van der Waals surface area contributed by atoms with Crippen molar-refractivity contribution in [3.63, 3.8) is 0 Å². The molecule has 14 heavy (non-hydrogen) atoms. The van der Waals surface area contributed by atoms with Crippen molar-refractivity contribution in [2.45, 2.75) is 39.7 Å². The highest BCUT2D eigenvalue weighted by Crippen LogP contribution is 2.02. The molecule has 0 aliphatic heterocycles. The van der Waals surface area contributed by atoms with Gasteiger partial charge in [0, 0.05) is 6.42 Å². The lowest BCUT2D eigenvalue weighted by molar-refractivity contribution is -0.147. The van der Waals surface area contributed by atoms with Gasteiger partial charge in [-0.25, -0.2) is 0 Å². The second-order valence-electron chi connectivity index (χ2n) is 3.27. The van der Waals surface area contributed by atoms with E-state index in [0.29, 0.717) is 18.1 Å². The number of carbonyl (C=O) groups is 1. The zero-order valence-electron chi connectivity index (χ0n) is 8.61. The highest BCUT2D eigenvalue weighted by Gasteiger charge is 2.09. The molecule has 0 unspecified atom stereocenters. The third-order valence-electron chi connectivity index (χ3n) is 1.48. The van der Waals surface area contributed by atoms with E-state index in [1.165, 1.54) is 0 Å². The monoisotopic (exact) mass is 198 g/mol. The fourth-order valence-electron chi connectivity index (χ4n) is 0.972. The predicted molar refractivity (Wildman–Crippen MR) is 48.6 cm³/mol. The molecule has 1 rings (SSSR count). The van der Waals surface area contributed by atoms with Crippen molar-refractivity contribution in [3.8, 4) is 0 Å². The molecule has 0 aromatic carbocycles. The van der Waals surface area contributed by atoms with Gasteiger partial charge in [0.05, 0.1) is 12.5 Å². The van der Waals surface area contributed by atoms with Crippen LogP contribution < -0.4 is 0 Å². The van der Waals surface area contributed by atoms with Crippen LogP contribution in [0.2, 0.25) is 0 Å². The van der Waals surface area contributed by atoms with Crippen molar-refractivity contribution in [3.05, 3.63) is 11.7 Å². The van der Waals surface area contributed by atoms with Crippen LogP contribution in [0.4, 0.5) is 0 Å². The number of rotatable bonds is 4. The summed E-state index contributed by atoms with van der Waals surface area (Å²) in [5, 5.41) is 3.62. The van der Waals surface area contributed by atoms with Crippen LogP contribution in [0.5, 0.6) is 0 Å². The van der Waals surface area contributed by atoms with E-state index in [2.05, 4.69) is 10.1 Å². The topological polar surface area (TPSA) is 65.2 Å². The van der Waals surface area contributed by atoms with Gasteiger partial charge in [0.1, 0.15) is 0 Å². The quantitative estimate of drug-likeness (QED) is 0.681. The second-order valence-corrected chi connectivity index (χ2v) is 3.27. The summed E-state index contributed by atoms with van der Waals surface area (Å²) < 4.78 is 9.80. The molecule has 5 nitrogen and oxygen atoms in total. The molecule has 78 valence electrons. The molecule has 1 heterocycles. The molecular formula is C9H14N2O3. The van der Waals surface area contributed by atoms with E-state index in [1.54, 1.807) is 6.92 Å². The smallest absolute Gasteiger partial charge is 0.306 e. The number of aromatic nitrogens is 2. The van der Waals surface area contributed by atoms with Crippen molar-refractivity contribution >= 4 is 5.97 Å². The minimum absolute atomic E-state index is 0.0769. The van der Waals surface area contributed by atoms with Gasteiger partial charge in [0.2, 0.25) is 5.89 Å². The summed E-state index contributed by atoms with van der Waals surface area (Å²) in [6, 6.07) is 0. The van der Waals surface area contributed by atoms with Crippen LogP contribution in [-0.4, -0.2) is 22.2 Å². The lowest BCUT2D eigenvalue weighted by atomic mass is 10.3. The van der Waals surface area contributed by atoms with Crippen LogP contribution in [0.15, 0.2) is 4.52 Å². The number of ether oxygens (including phenoxy) is 1. The van der Waals surface area contributed by atoms with Crippen molar-refractivity contribution in [2.24, 2.45) is 0 Å². The largest absolute Gasteiger partial charge is 0.463 e. The summed E-state index contributed by atoms with van der Waals surface area (Å²) in [4.78, 5) is 15.1. The standard InChI is InChI=1S/C9H14N2O3/c1-6(2)13-9(12)5-4-8-10-7(3)11-14-8/h6H,4-5H2,1-3H3. The minimum Gasteiger partial charge on any atom is -0.463 e. The van der Waals surface area contributed by atoms with E-state index < -0.39 is 0 Å². The molecule has 0 saturated heterocycles.